The molecule has 6 heteroatoms. The standard InChI is InChI=1S/C13H23N3O3/c1-2-16(10-5-7-14-8-6-10)13(19)15-11(12(17)18)9-3-4-9/h9-11,14H,2-8H2,1H3,(H,15,19)(H,17,18). The number of urea groups is 1. The van der Waals surface area contributed by atoms with Gasteiger partial charge in [-0.15, -0.1) is 0 Å². The fourth-order valence-corrected chi connectivity index (χ4v) is 2.71. The van der Waals surface area contributed by atoms with E-state index in [0.717, 1.165) is 38.8 Å². The van der Waals surface area contributed by atoms with Crippen LogP contribution >= 0.6 is 0 Å². The quantitative estimate of drug-likeness (QED) is 0.684. The van der Waals surface area contributed by atoms with Crippen molar-refractivity contribution < 1.29 is 14.7 Å². The van der Waals surface area contributed by atoms with Crippen LogP contribution in [0.3, 0.4) is 0 Å². The number of aliphatic carboxylic acids is 1. The predicted octanol–water partition coefficient (Wildman–Crippen LogP) is 0.633. The minimum atomic E-state index is -0.919. The average molecular weight is 269 g/mol. The molecule has 0 spiro atoms. The third-order valence-electron chi connectivity index (χ3n) is 3.99. The summed E-state index contributed by atoms with van der Waals surface area (Å²) in [6.07, 6.45) is 3.66. The highest BCUT2D eigenvalue weighted by molar-refractivity contribution is 5.83. The van der Waals surface area contributed by atoms with Crippen molar-refractivity contribution in [2.45, 2.75) is 44.7 Å². The number of piperidine rings is 1. The molecule has 1 saturated carbocycles. The third-order valence-corrected chi connectivity index (χ3v) is 3.99. The zero-order valence-corrected chi connectivity index (χ0v) is 11.4. The van der Waals surface area contributed by atoms with Gasteiger partial charge in [0.1, 0.15) is 6.04 Å². The number of nitrogens with zero attached hydrogens (tertiary/aromatic N) is 1. The number of carbonyl (C=O) groups excluding carboxylic acids is 1. The van der Waals surface area contributed by atoms with Crippen molar-refractivity contribution in [3.63, 3.8) is 0 Å². The maximum absolute atomic E-state index is 12.3. The Morgan fingerprint density at radius 2 is 1.95 bits per heavy atom. The number of nitrogens with one attached hydrogen (secondary N) is 2. The van der Waals surface area contributed by atoms with Crippen molar-refractivity contribution in [2.75, 3.05) is 19.6 Å². The van der Waals surface area contributed by atoms with E-state index in [4.69, 9.17) is 5.11 Å². The Morgan fingerprint density at radius 3 is 2.42 bits per heavy atom. The van der Waals surface area contributed by atoms with E-state index in [1.165, 1.54) is 0 Å². The smallest absolute Gasteiger partial charge is 0.326 e. The minimum Gasteiger partial charge on any atom is -0.480 e. The van der Waals surface area contributed by atoms with Crippen molar-refractivity contribution in [2.24, 2.45) is 5.92 Å². The van der Waals surface area contributed by atoms with Crippen LogP contribution in [-0.4, -0.2) is 53.7 Å². The molecular weight excluding hydrogens is 246 g/mol. The maximum Gasteiger partial charge on any atom is 0.326 e. The van der Waals surface area contributed by atoms with E-state index in [1.54, 1.807) is 4.90 Å². The summed E-state index contributed by atoms with van der Waals surface area (Å²) in [5.74, 6) is -0.801. The van der Waals surface area contributed by atoms with Gasteiger partial charge in [0.15, 0.2) is 0 Å². The summed E-state index contributed by atoms with van der Waals surface area (Å²) in [4.78, 5) is 25.2. The monoisotopic (exact) mass is 269 g/mol. The van der Waals surface area contributed by atoms with Crippen LogP contribution in [0.2, 0.25) is 0 Å². The SMILES string of the molecule is CCN(C(=O)NC(C(=O)O)C1CC1)C1CCNCC1. The van der Waals surface area contributed by atoms with E-state index >= 15 is 0 Å². The predicted molar refractivity (Wildman–Crippen MR) is 71.0 cm³/mol. The number of carboxylic acids is 1. The first-order chi connectivity index (χ1) is 9.13. The van der Waals surface area contributed by atoms with Crippen LogP contribution in [0.1, 0.15) is 32.6 Å². The third kappa shape index (κ3) is 3.59. The highest BCUT2D eigenvalue weighted by atomic mass is 16.4. The summed E-state index contributed by atoms with van der Waals surface area (Å²) < 4.78 is 0. The Labute approximate surface area is 113 Å². The van der Waals surface area contributed by atoms with E-state index in [9.17, 15) is 9.59 Å². The molecule has 19 heavy (non-hydrogen) atoms. The van der Waals surface area contributed by atoms with Gasteiger partial charge in [0, 0.05) is 12.6 Å². The lowest BCUT2D eigenvalue weighted by Gasteiger charge is -2.34. The molecule has 0 aromatic rings. The zero-order chi connectivity index (χ0) is 13.8. The van der Waals surface area contributed by atoms with Gasteiger partial charge in [0.25, 0.3) is 0 Å². The number of amides is 2. The summed E-state index contributed by atoms with van der Waals surface area (Å²) in [6, 6.07) is -0.725. The summed E-state index contributed by atoms with van der Waals surface area (Å²) in [6.45, 7) is 4.39. The molecule has 0 aromatic heterocycles. The molecule has 1 atom stereocenters. The maximum atomic E-state index is 12.3. The number of carbonyl (C=O) groups is 2. The van der Waals surface area contributed by atoms with Crippen molar-refractivity contribution in [3.05, 3.63) is 0 Å². The molecule has 0 bridgehead atoms. The highest BCUT2D eigenvalue weighted by Crippen LogP contribution is 2.32. The van der Waals surface area contributed by atoms with Gasteiger partial charge in [-0.3, -0.25) is 0 Å². The van der Waals surface area contributed by atoms with Gasteiger partial charge < -0.3 is 20.6 Å². The molecule has 1 aliphatic carbocycles. The fourth-order valence-electron chi connectivity index (χ4n) is 2.71. The van der Waals surface area contributed by atoms with Gasteiger partial charge in [-0.25, -0.2) is 9.59 Å². The second-order valence-corrected chi connectivity index (χ2v) is 5.37. The van der Waals surface area contributed by atoms with Crippen LogP contribution < -0.4 is 10.6 Å². The van der Waals surface area contributed by atoms with E-state index < -0.39 is 12.0 Å². The molecule has 3 N–H and O–H groups in total. The number of rotatable bonds is 5. The van der Waals surface area contributed by atoms with E-state index in [1.807, 2.05) is 6.92 Å². The molecule has 6 nitrogen and oxygen atoms in total. The van der Waals surface area contributed by atoms with E-state index in [0.29, 0.717) is 6.54 Å². The summed E-state index contributed by atoms with van der Waals surface area (Å²) in [5, 5.41) is 15.1. The van der Waals surface area contributed by atoms with Crippen LogP contribution in [0.5, 0.6) is 0 Å². The van der Waals surface area contributed by atoms with Crippen molar-refractivity contribution in [1.82, 2.24) is 15.5 Å². The largest absolute Gasteiger partial charge is 0.480 e. The summed E-state index contributed by atoms with van der Waals surface area (Å²) in [5.41, 5.74) is 0. The molecule has 2 amide bonds. The summed E-state index contributed by atoms with van der Waals surface area (Å²) >= 11 is 0. The molecule has 0 aromatic carbocycles. The summed E-state index contributed by atoms with van der Waals surface area (Å²) in [7, 11) is 0. The highest BCUT2D eigenvalue weighted by Gasteiger charge is 2.38. The van der Waals surface area contributed by atoms with Crippen LogP contribution in [0.15, 0.2) is 0 Å². The molecule has 1 saturated heterocycles. The number of hydrogen-bond donors (Lipinski definition) is 3. The van der Waals surface area contributed by atoms with Gasteiger partial charge in [0.2, 0.25) is 0 Å². The Bertz CT molecular complexity index is 338. The Kier molecular flexibility index (Phi) is 4.63. The molecule has 0 radical (unpaired) electrons. The van der Waals surface area contributed by atoms with E-state index in [2.05, 4.69) is 10.6 Å². The topological polar surface area (TPSA) is 81.7 Å². The van der Waals surface area contributed by atoms with Crippen molar-refractivity contribution in [3.8, 4) is 0 Å². The van der Waals surface area contributed by atoms with Crippen LogP contribution in [0.4, 0.5) is 4.79 Å². The Hall–Kier alpha value is -1.30. The van der Waals surface area contributed by atoms with Gasteiger partial charge in [-0.2, -0.15) is 0 Å². The van der Waals surface area contributed by atoms with Crippen molar-refractivity contribution in [1.29, 1.82) is 0 Å². The van der Waals surface area contributed by atoms with Crippen LogP contribution in [-0.2, 0) is 4.79 Å². The Morgan fingerprint density at radius 1 is 1.32 bits per heavy atom. The van der Waals surface area contributed by atoms with Gasteiger partial charge >= 0.3 is 12.0 Å². The average Bonchev–Trinajstić information content (AvgIpc) is 3.22. The first-order valence-electron chi connectivity index (χ1n) is 7.14. The lowest BCUT2D eigenvalue weighted by molar-refractivity contribution is -0.139. The molecule has 2 rings (SSSR count). The van der Waals surface area contributed by atoms with Crippen LogP contribution in [0.25, 0.3) is 0 Å². The van der Waals surface area contributed by atoms with Crippen molar-refractivity contribution >= 4 is 12.0 Å². The molecule has 1 unspecified atom stereocenters. The lowest BCUT2D eigenvalue weighted by Crippen LogP contribution is -2.54. The second-order valence-electron chi connectivity index (χ2n) is 5.37. The first-order valence-corrected chi connectivity index (χ1v) is 7.14. The lowest BCUT2D eigenvalue weighted by atomic mass is 10.1. The van der Waals surface area contributed by atoms with Gasteiger partial charge in [-0.1, -0.05) is 0 Å². The molecule has 108 valence electrons. The van der Waals surface area contributed by atoms with Gasteiger partial charge in [0.05, 0.1) is 0 Å². The molecule has 1 aliphatic heterocycles. The van der Waals surface area contributed by atoms with Gasteiger partial charge in [-0.05, 0) is 51.6 Å². The number of carboxylic acid groups (broad SMARTS) is 1. The molecule has 2 aliphatic rings. The minimum absolute atomic E-state index is 0.119. The molecule has 1 heterocycles. The molecular formula is C13H23N3O3. The Balaban J connectivity index is 1.93. The first kappa shape index (κ1) is 14.1. The normalized spacial score (nSPS) is 21.7. The van der Waals surface area contributed by atoms with Crippen LogP contribution in [0, 0.1) is 5.92 Å². The fraction of sp³-hybridized carbons (Fsp3) is 0.846. The number of hydrogen-bond acceptors (Lipinski definition) is 3. The molecule has 2 fully saturated rings. The van der Waals surface area contributed by atoms with E-state index in [-0.39, 0.29) is 18.0 Å². The zero-order valence-electron chi connectivity index (χ0n) is 11.4. The second kappa shape index (κ2) is 6.23.